The maximum absolute atomic E-state index is 14.9. The number of rotatable bonds is 6. The lowest BCUT2D eigenvalue weighted by Gasteiger charge is -2.38. The summed E-state index contributed by atoms with van der Waals surface area (Å²) in [7, 11) is -3.73. The molecule has 0 bridgehead atoms. The van der Waals surface area contributed by atoms with Gasteiger partial charge in [0.1, 0.15) is 34.2 Å². The summed E-state index contributed by atoms with van der Waals surface area (Å²) in [6, 6.07) is 7.46. The molecule has 0 saturated heterocycles. The highest BCUT2D eigenvalue weighted by molar-refractivity contribution is 7.93. The van der Waals surface area contributed by atoms with E-state index in [1.807, 2.05) is 0 Å². The Labute approximate surface area is 207 Å². The van der Waals surface area contributed by atoms with Crippen molar-refractivity contribution in [1.29, 1.82) is 0 Å². The Hall–Kier alpha value is -3.73. The number of ether oxygens (including phenoxy) is 1. The molecule has 0 saturated carbocycles. The Balaban J connectivity index is 1.57. The molecule has 2 aromatic heterocycles. The highest BCUT2D eigenvalue weighted by atomic mass is 32.2. The van der Waals surface area contributed by atoms with Crippen LogP contribution in [0.5, 0.6) is 5.88 Å². The summed E-state index contributed by atoms with van der Waals surface area (Å²) in [6.45, 7) is 4.67. The van der Waals surface area contributed by atoms with Crippen LogP contribution in [-0.4, -0.2) is 39.7 Å². The van der Waals surface area contributed by atoms with E-state index in [4.69, 9.17) is 10.5 Å². The molecule has 0 amide bonds. The van der Waals surface area contributed by atoms with E-state index < -0.39 is 37.5 Å². The van der Waals surface area contributed by atoms with Crippen LogP contribution in [0.15, 0.2) is 60.1 Å². The summed E-state index contributed by atoms with van der Waals surface area (Å²) >= 11 is 0. The number of benzene rings is 1. The molecule has 36 heavy (non-hydrogen) atoms. The number of halogens is 2. The molecule has 1 atom stereocenters. The maximum atomic E-state index is 14.9. The lowest BCUT2D eigenvalue weighted by molar-refractivity contribution is 0.292. The van der Waals surface area contributed by atoms with E-state index in [9.17, 15) is 17.2 Å². The van der Waals surface area contributed by atoms with Gasteiger partial charge in [0.25, 0.3) is 0 Å². The van der Waals surface area contributed by atoms with E-state index in [0.717, 1.165) is 17.7 Å². The largest absolute Gasteiger partial charge is 0.472 e. The molecule has 0 fully saturated rings. The Kier molecular flexibility index (Phi) is 6.61. The Morgan fingerprint density at radius 1 is 1.14 bits per heavy atom. The molecular weight excluding hydrogens is 488 g/mol. The van der Waals surface area contributed by atoms with Gasteiger partial charge in [0, 0.05) is 18.0 Å². The third-order valence-electron chi connectivity index (χ3n) is 6.11. The first kappa shape index (κ1) is 25.4. The second-order valence-electron chi connectivity index (χ2n) is 9.16. The zero-order valence-corrected chi connectivity index (χ0v) is 20.8. The van der Waals surface area contributed by atoms with Gasteiger partial charge in [-0.2, -0.15) is 0 Å². The van der Waals surface area contributed by atoms with Crippen molar-refractivity contribution in [2.75, 3.05) is 5.75 Å². The van der Waals surface area contributed by atoms with Gasteiger partial charge in [-0.05, 0) is 62.2 Å². The minimum Gasteiger partial charge on any atom is -0.472 e. The number of hydrogen-bond acceptors (Lipinski definition) is 8. The molecular formula is C25H25F2N5O3S. The van der Waals surface area contributed by atoms with E-state index in [0.29, 0.717) is 5.56 Å². The van der Waals surface area contributed by atoms with Crippen molar-refractivity contribution in [3.8, 4) is 5.88 Å². The Bertz CT molecular complexity index is 1440. The van der Waals surface area contributed by atoms with Crippen molar-refractivity contribution in [1.82, 2.24) is 15.0 Å². The quantitative estimate of drug-likeness (QED) is 0.532. The lowest BCUT2D eigenvalue weighted by Crippen LogP contribution is -2.55. The van der Waals surface area contributed by atoms with Gasteiger partial charge in [0.05, 0.1) is 18.1 Å². The molecule has 188 valence electrons. The fourth-order valence-electron chi connectivity index (χ4n) is 3.70. The van der Waals surface area contributed by atoms with Gasteiger partial charge in [0.15, 0.2) is 15.7 Å². The van der Waals surface area contributed by atoms with Crippen molar-refractivity contribution in [3.63, 3.8) is 0 Å². The van der Waals surface area contributed by atoms with Crippen LogP contribution < -0.4 is 10.5 Å². The predicted molar refractivity (Wildman–Crippen MR) is 133 cm³/mol. The minimum absolute atomic E-state index is 0.00276. The Morgan fingerprint density at radius 2 is 1.86 bits per heavy atom. The van der Waals surface area contributed by atoms with E-state index in [-0.39, 0.29) is 29.6 Å². The molecule has 1 aliphatic rings. The van der Waals surface area contributed by atoms with Gasteiger partial charge in [0.2, 0.25) is 5.88 Å². The SMILES string of the molecule is CC1(c2cc(C=C(F)c3cnc(OCc4ccncc4)cn3)ccc2F)CS(=O)(=O)C(C)(C)C(N)=N1. The van der Waals surface area contributed by atoms with Gasteiger partial charge < -0.3 is 10.5 Å². The van der Waals surface area contributed by atoms with E-state index in [1.54, 1.807) is 24.5 Å². The van der Waals surface area contributed by atoms with Crippen LogP contribution >= 0.6 is 0 Å². The first-order valence-corrected chi connectivity index (χ1v) is 12.7. The van der Waals surface area contributed by atoms with E-state index >= 15 is 0 Å². The molecule has 0 aliphatic carbocycles. The fourth-order valence-corrected chi connectivity index (χ4v) is 5.38. The molecule has 1 unspecified atom stereocenters. The average Bonchev–Trinajstić information content (AvgIpc) is 2.83. The molecule has 11 heteroatoms. The number of nitrogens with zero attached hydrogens (tertiary/aromatic N) is 4. The topological polar surface area (TPSA) is 120 Å². The third-order valence-corrected chi connectivity index (χ3v) is 8.81. The van der Waals surface area contributed by atoms with Gasteiger partial charge in [-0.1, -0.05) is 6.07 Å². The molecule has 2 N–H and O–H groups in total. The molecule has 0 spiro atoms. The standard InChI is InChI=1S/C25H25F2N5O3S/c1-24(2)23(28)32-25(3,15-36(24,33)34)18-10-17(4-5-19(18)26)11-20(27)21-12-31-22(13-30-21)35-14-16-6-8-29-9-7-16/h4-13H,14-15H2,1-3H3,(H2,28,32). The predicted octanol–water partition coefficient (Wildman–Crippen LogP) is 3.84. The summed E-state index contributed by atoms with van der Waals surface area (Å²) in [5.74, 6) is -1.71. The summed E-state index contributed by atoms with van der Waals surface area (Å²) in [5.41, 5.74) is 5.63. The number of nitrogens with two attached hydrogens (primary N) is 1. The van der Waals surface area contributed by atoms with E-state index in [1.165, 1.54) is 45.3 Å². The lowest BCUT2D eigenvalue weighted by atomic mass is 9.91. The first-order valence-electron chi connectivity index (χ1n) is 11.0. The fraction of sp³-hybridized carbons (Fsp3) is 0.280. The minimum atomic E-state index is -3.73. The summed E-state index contributed by atoms with van der Waals surface area (Å²) in [5, 5.41) is 0. The normalized spacial score (nSPS) is 21.0. The van der Waals surface area contributed by atoms with E-state index in [2.05, 4.69) is 19.9 Å². The van der Waals surface area contributed by atoms with Crippen molar-refractivity contribution >= 4 is 27.6 Å². The highest BCUT2D eigenvalue weighted by Gasteiger charge is 2.49. The highest BCUT2D eigenvalue weighted by Crippen LogP contribution is 2.38. The average molecular weight is 514 g/mol. The second kappa shape index (κ2) is 9.38. The maximum Gasteiger partial charge on any atom is 0.232 e. The number of sulfone groups is 1. The number of aliphatic imine (C=N–C) groups is 1. The molecule has 0 radical (unpaired) electrons. The number of aromatic nitrogens is 3. The van der Waals surface area contributed by atoms with Crippen LogP contribution in [0.3, 0.4) is 0 Å². The molecule has 3 aromatic rings. The number of hydrogen-bond donors (Lipinski definition) is 1. The summed E-state index contributed by atoms with van der Waals surface area (Å²) in [4.78, 5) is 16.4. The van der Waals surface area contributed by atoms with Gasteiger partial charge in [-0.25, -0.2) is 27.2 Å². The molecule has 3 heterocycles. The zero-order chi connectivity index (χ0) is 26.1. The zero-order valence-electron chi connectivity index (χ0n) is 19.9. The van der Waals surface area contributed by atoms with Crippen LogP contribution in [-0.2, 0) is 22.0 Å². The van der Waals surface area contributed by atoms with Gasteiger partial charge >= 0.3 is 0 Å². The first-order chi connectivity index (χ1) is 16.9. The molecule has 4 rings (SSSR count). The third kappa shape index (κ3) is 4.97. The van der Waals surface area contributed by atoms with Crippen LogP contribution in [0.4, 0.5) is 8.78 Å². The Morgan fingerprint density at radius 3 is 2.50 bits per heavy atom. The van der Waals surface area contributed by atoms with Crippen LogP contribution in [0, 0.1) is 5.82 Å². The molecule has 8 nitrogen and oxygen atoms in total. The number of amidine groups is 1. The molecule has 1 aromatic carbocycles. The molecule has 1 aliphatic heterocycles. The van der Waals surface area contributed by atoms with Crippen molar-refractivity contribution in [2.24, 2.45) is 10.7 Å². The smallest absolute Gasteiger partial charge is 0.232 e. The van der Waals surface area contributed by atoms with Gasteiger partial charge in [-0.15, -0.1) is 0 Å². The number of pyridine rings is 1. The van der Waals surface area contributed by atoms with Crippen LogP contribution in [0.1, 0.15) is 43.2 Å². The van der Waals surface area contributed by atoms with Crippen molar-refractivity contribution in [2.45, 2.75) is 37.7 Å². The van der Waals surface area contributed by atoms with Crippen molar-refractivity contribution < 1.29 is 21.9 Å². The summed E-state index contributed by atoms with van der Waals surface area (Å²) in [6.07, 6.45) is 6.96. The van der Waals surface area contributed by atoms with Crippen molar-refractivity contribution in [3.05, 3.63) is 83.3 Å². The van der Waals surface area contributed by atoms with Crippen LogP contribution in [0.2, 0.25) is 0 Å². The van der Waals surface area contributed by atoms with Gasteiger partial charge in [-0.3, -0.25) is 9.98 Å². The monoisotopic (exact) mass is 513 g/mol. The summed E-state index contributed by atoms with van der Waals surface area (Å²) < 4.78 is 59.6. The second-order valence-corrected chi connectivity index (χ2v) is 11.7. The van der Waals surface area contributed by atoms with Crippen LogP contribution in [0.25, 0.3) is 11.9 Å².